The van der Waals surface area contributed by atoms with Crippen molar-refractivity contribution in [1.82, 2.24) is 14.9 Å². The Hall–Kier alpha value is -2.58. The SMILES string of the molecule is CC(C)[C@H]1COC(=O)N1c1nc(C[C@@H](C)c2ccc(CN3C[C@@H](C)O[C@@H](C)C3)cc2)ncc1F. The van der Waals surface area contributed by atoms with Gasteiger partial charge in [-0.3, -0.25) is 9.80 Å². The summed E-state index contributed by atoms with van der Waals surface area (Å²) in [5.74, 6) is 0.152. The minimum absolute atomic E-state index is 0.00251. The Morgan fingerprint density at radius 2 is 1.79 bits per heavy atom. The molecular weight excluding hydrogens is 435 g/mol. The number of carbonyl (C=O) groups excluding carboxylic acids is 1. The third-order valence-corrected chi connectivity index (χ3v) is 6.62. The largest absolute Gasteiger partial charge is 0.447 e. The van der Waals surface area contributed by atoms with Gasteiger partial charge in [0.15, 0.2) is 11.6 Å². The van der Waals surface area contributed by atoms with Crippen LogP contribution in [0.4, 0.5) is 15.0 Å². The number of aromatic nitrogens is 2. The second-order valence-corrected chi connectivity index (χ2v) is 10.0. The Labute approximate surface area is 201 Å². The molecule has 0 N–H and O–H groups in total. The number of amides is 1. The van der Waals surface area contributed by atoms with E-state index >= 15 is 0 Å². The van der Waals surface area contributed by atoms with E-state index in [0.29, 0.717) is 12.2 Å². The molecule has 0 aliphatic carbocycles. The number of hydrogen-bond acceptors (Lipinski definition) is 6. The van der Waals surface area contributed by atoms with Crippen molar-refractivity contribution in [3.8, 4) is 0 Å². The maximum absolute atomic E-state index is 14.6. The van der Waals surface area contributed by atoms with Crippen LogP contribution >= 0.6 is 0 Å². The van der Waals surface area contributed by atoms with Gasteiger partial charge >= 0.3 is 6.09 Å². The van der Waals surface area contributed by atoms with Crippen molar-refractivity contribution in [2.75, 3.05) is 24.6 Å². The molecule has 0 radical (unpaired) electrons. The summed E-state index contributed by atoms with van der Waals surface area (Å²) in [7, 11) is 0. The Morgan fingerprint density at radius 3 is 2.44 bits per heavy atom. The summed E-state index contributed by atoms with van der Waals surface area (Å²) in [6, 6.07) is 8.38. The van der Waals surface area contributed by atoms with Gasteiger partial charge in [0, 0.05) is 26.1 Å². The average Bonchev–Trinajstić information content (AvgIpc) is 3.16. The van der Waals surface area contributed by atoms with Gasteiger partial charge in [-0.15, -0.1) is 0 Å². The molecule has 2 aliphatic heterocycles. The van der Waals surface area contributed by atoms with Crippen LogP contribution in [0.25, 0.3) is 0 Å². The zero-order chi connectivity index (χ0) is 24.4. The number of cyclic esters (lactones) is 1. The standard InChI is InChI=1S/C26H35FN4O3/c1-16(2)23-15-33-26(32)31(23)25-22(27)11-28-24(29-25)10-17(3)21-8-6-20(7-9-21)14-30-12-18(4)34-19(5)13-30/h6-9,11,16-19,23H,10,12-15H2,1-5H3/t17-,18-,19+,23-/m1/s1. The first-order valence-electron chi connectivity index (χ1n) is 12.1. The molecule has 8 heteroatoms. The van der Waals surface area contributed by atoms with Gasteiger partial charge in [0.05, 0.1) is 24.4 Å². The van der Waals surface area contributed by atoms with Gasteiger partial charge in [-0.2, -0.15) is 0 Å². The quantitative estimate of drug-likeness (QED) is 0.591. The van der Waals surface area contributed by atoms with E-state index < -0.39 is 11.9 Å². The lowest BCUT2D eigenvalue weighted by atomic mass is 9.96. The molecule has 2 saturated heterocycles. The van der Waals surface area contributed by atoms with E-state index in [-0.39, 0.29) is 42.5 Å². The van der Waals surface area contributed by atoms with E-state index in [1.165, 1.54) is 16.0 Å². The van der Waals surface area contributed by atoms with Gasteiger partial charge in [0.1, 0.15) is 12.4 Å². The molecule has 0 bridgehead atoms. The topological polar surface area (TPSA) is 67.8 Å². The van der Waals surface area contributed by atoms with Crippen LogP contribution in [0.15, 0.2) is 30.5 Å². The molecule has 2 aliphatic rings. The van der Waals surface area contributed by atoms with E-state index in [1.807, 2.05) is 13.8 Å². The third-order valence-electron chi connectivity index (χ3n) is 6.62. The Bertz CT molecular complexity index is 990. The summed E-state index contributed by atoms with van der Waals surface area (Å²) >= 11 is 0. The van der Waals surface area contributed by atoms with Gasteiger partial charge in [-0.1, -0.05) is 45.0 Å². The normalized spacial score (nSPS) is 24.5. The van der Waals surface area contributed by atoms with E-state index in [2.05, 4.69) is 59.9 Å². The van der Waals surface area contributed by atoms with Crippen molar-refractivity contribution < 1.29 is 18.7 Å². The lowest BCUT2D eigenvalue weighted by Gasteiger charge is -2.35. The number of nitrogens with zero attached hydrogens (tertiary/aromatic N) is 4. The highest BCUT2D eigenvalue weighted by atomic mass is 19.1. The van der Waals surface area contributed by atoms with E-state index in [9.17, 15) is 9.18 Å². The fourth-order valence-electron chi connectivity index (χ4n) is 4.85. The lowest BCUT2D eigenvalue weighted by molar-refractivity contribution is -0.0704. The van der Waals surface area contributed by atoms with Crippen molar-refractivity contribution in [2.45, 2.75) is 71.8 Å². The number of rotatable bonds is 7. The molecule has 7 nitrogen and oxygen atoms in total. The third kappa shape index (κ3) is 5.55. The summed E-state index contributed by atoms with van der Waals surface area (Å²) in [4.78, 5) is 24.7. The first kappa shape index (κ1) is 24.5. The van der Waals surface area contributed by atoms with E-state index in [4.69, 9.17) is 9.47 Å². The van der Waals surface area contributed by atoms with Crippen molar-refractivity contribution in [1.29, 1.82) is 0 Å². The number of carbonyl (C=O) groups is 1. The van der Waals surface area contributed by atoms with Crippen LogP contribution in [0, 0.1) is 11.7 Å². The Kier molecular flexibility index (Phi) is 7.48. The van der Waals surface area contributed by atoms with E-state index in [1.54, 1.807) is 0 Å². The predicted octanol–water partition coefficient (Wildman–Crippen LogP) is 4.55. The molecule has 34 heavy (non-hydrogen) atoms. The van der Waals surface area contributed by atoms with Gasteiger partial charge in [0.2, 0.25) is 0 Å². The number of anilines is 1. The highest BCUT2D eigenvalue weighted by Crippen LogP contribution is 2.28. The minimum Gasteiger partial charge on any atom is -0.447 e. The zero-order valence-electron chi connectivity index (χ0n) is 20.7. The highest BCUT2D eigenvalue weighted by molar-refractivity contribution is 5.89. The smallest absolute Gasteiger partial charge is 0.416 e. The van der Waals surface area contributed by atoms with Crippen LogP contribution in [-0.4, -0.2) is 58.9 Å². The predicted molar refractivity (Wildman–Crippen MR) is 128 cm³/mol. The van der Waals surface area contributed by atoms with Crippen molar-refractivity contribution in [3.63, 3.8) is 0 Å². The van der Waals surface area contributed by atoms with Crippen LogP contribution < -0.4 is 4.90 Å². The second kappa shape index (κ2) is 10.4. The molecular formula is C26H35FN4O3. The summed E-state index contributed by atoms with van der Waals surface area (Å²) in [6.45, 7) is 13.3. The Morgan fingerprint density at radius 1 is 1.12 bits per heavy atom. The van der Waals surface area contributed by atoms with Gasteiger partial charge in [0.25, 0.3) is 0 Å². The molecule has 0 spiro atoms. The molecule has 2 fully saturated rings. The molecule has 4 rings (SSSR count). The summed E-state index contributed by atoms with van der Waals surface area (Å²) in [6.07, 6.45) is 1.64. The molecule has 2 aromatic rings. The Balaban J connectivity index is 1.43. The lowest BCUT2D eigenvalue weighted by Crippen LogP contribution is -2.44. The number of halogens is 1. The number of benzene rings is 1. The van der Waals surface area contributed by atoms with Crippen LogP contribution in [0.1, 0.15) is 57.5 Å². The molecule has 1 aromatic carbocycles. The molecule has 0 unspecified atom stereocenters. The summed E-state index contributed by atoms with van der Waals surface area (Å²) in [5, 5.41) is 0. The van der Waals surface area contributed by atoms with Crippen LogP contribution in [0.2, 0.25) is 0 Å². The van der Waals surface area contributed by atoms with Gasteiger partial charge < -0.3 is 9.47 Å². The molecule has 3 heterocycles. The molecule has 0 saturated carbocycles. The first-order chi connectivity index (χ1) is 16.2. The van der Waals surface area contributed by atoms with Crippen molar-refractivity contribution in [3.05, 3.63) is 53.2 Å². The maximum atomic E-state index is 14.6. The van der Waals surface area contributed by atoms with Gasteiger partial charge in [-0.25, -0.2) is 19.2 Å². The number of ether oxygens (including phenoxy) is 2. The number of morpholine rings is 1. The van der Waals surface area contributed by atoms with E-state index in [0.717, 1.165) is 25.8 Å². The van der Waals surface area contributed by atoms with Crippen molar-refractivity contribution in [2.24, 2.45) is 5.92 Å². The van der Waals surface area contributed by atoms with Crippen molar-refractivity contribution >= 4 is 11.9 Å². The highest BCUT2D eigenvalue weighted by Gasteiger charge is 2.38. The monoisotopic (exact) mass is 470 g/mol. The molecule has 1 aromatic heterocycles. The second-order valence-electron chi connectivity index (χ2n) is 10.0. The van der Waals surface area contributed by atoms with Crippen LogP contribution in [-0.2, 0) is 22.4 Å². The fraction of sp³-hybridized carbons (Fsp3) is 0.577. The molecule has 1 amide bonds. The zero-order valence-corrected chi connectivity index (χ0v) is 20.7. The summed E-state index contributed by atoms with van der Waals surface area (Å²) in [5.41, 5.74) is 2.44. The minimum atomic E-state index is -0.614. The number of hydrogen-bond donors (Lipinski definition) is 0. The van der Waals surface area contributed by atoms with Gasteiger partial charge in [-0.05, 0) is 36.8 Å². The van der Waals surface area contributed by atoms with Crippen LogP contribution in [0.3, 0.4) is 0 Å². The first-order valence-corrected chi connectivity index (χ1v) is 12.1. The summed E-state index contributed by atoms with van der Waals surface area (Å²) < 4.78 is 25.6. The average molecular weight is 471 g/mol. The molecule has 184 valence electrons. The fourth-order valence-corrected chi connectivity index (χ4v) is 4.85. The van der Waals surface area contributed by atoms with Crippen LogP contribution in [0.5, 0.6) is 0 Å². The maximum Gasteiger partial charge on any atom is 0.416 e. The molecule has 4 atom stereocenters.